The van der Waals surface area contributed by atoms with Gasteiger partial charge in [0.15, 0.2) is 0 Å². The van der Waals surface area contributed by atoms with Gasteiger partial charge >= 0.3 is 0 Å². The van der Waals surface area contributed by atoms with Gasteiger partial charge in [-0.2, -0.15) is 0 Å². The van der Waals surface area contributed by atoms with E-state index in [0.29, 0.717) is 0 Å². The van der Waals surface area contributed by atoms with Gasteiger partial charge in [0, 0.05) is 32.4 Å². The third-order valence-corrected chi connectivity index (χ3v) is 8.56. The van der Waals surface area contributed by atoms with Crippen molar-refractivity contribution >= 4 is 46.3 Å². The minimum atomic E-state index is 0.0673. The van der Waals surface area contributed by atoms with E-state index in [0.717, 1.165) is 45.1 Å². The molecule has 5 rings (SSSR count). The Hall–Kier alpha value is -3.26. The summed E-state index contributed by atoms with van der Waals surface area (Å²) < 4.78 is 2.40. The van der Waals surface area contributed by atoms with Gasteiger partial charge in [0.2, 0.25) is 0 Å². The fourth-order valence-corrected chi connectivity index (χ4v) is 6.07. The van der Waals surface area contributed by atoms with Crippen molar-refractivity contribution in [1.82, 2.24) is 4.57 Å². The zero-order valence-corrected chi connectivity index (χ0v) is 27.4. The second kappa shape index (κ2) is 11.8. The van der Waals surface area contributed by atoms with Gasteiger partial charge in [-0.3, -0.25) is 0 Å². The molecule has 1 nitrogen and oxygen atoms in total. The molecule has 0 bridgehead atoms. The number of halogens is 2. The van der Waals surface area contributed by atoms with Crippen LogP contribution >= 0.6 is 23.2 Å². The summed E-state index contributed by atoms with van der Waals surface area (Å²) in [4.78, 5) is 0. The van der Waals surface area contributed by atoms with E-state index in [2.05, 4.69) is 144 Å². The first-order valence-corrected chi connectivity index (χ1v) is 15.6. The number of benzene rings is 3. The van der Waals surface area contributed by atoms with E-state index in [4.69, 9.17) is 23.2 Å². The summed E-state index contributed by atoms with van der Waals surface area (Å²) in [6.45, 7) is 15.6. The fourth-order valence-electron chi connectivity index (χ4n) is 5.70. The lowest BCUT2D eigenvalue weighted by Crippen LogP contribution is -2.10. The molecule has 3 aromatic carbocycles. The first-order valence-electron chi connectivity index (χ1n) is 14.8. The van der Waals surface area contributed by atoms with Gasteiger partial charge in [-0.15, -0.1) is 0 Å². The average Bonchev–Trinajstić information content (AvgIpc) is 3.24. The molecule has 216 valence electrons. The lowest BCUT2D eigenvalue weighted by molar-refractivity contribution is 0.517. The Balaban J connectivity index is 1.71. The molecule has 42 heavy (non-hydrogen) atoms. The van der Waals surface area contributed by atoms with Gasteiger partial charge in [0.25, 0.3) is 0 Å². The Bertz CT molecular complexity index is 1740. The van der Waals surface area contributed by atoms with Crippen LogP contribution in [0.5, 0.6) is 0 Å². The Morgan fingerprint density at radius 3 is 2.24 bits per heavy atom. The standard InChI is InChI=1S/C39H41Cl2N/c1-8-10-29(38(2,3)4)12-9-11-26-21-28(27-13-15-30(16-14-27)39(5,6)7)23-33(22-26)42-36-19-17-31(40)24-34(36)35-25-32(41)18-20-37(35)42/h8-17,19,21-25H,18,20H2,1-7H3/b10-8-,11-9+,29-12+. The zero-order valence-electron chi connectivity index (χ0n) is 25.9. The van der Waals surface area contributed by atoms with E-state index in [9.17, 15) is 0 Å². The summed E-state index contributed by atoms with van der Waals surface area (Å²) in [7, 11) is 0. The van der Waals surface area contributed by atoms with Gasteiger partial charge in [-0.1, -0.05) is 119 Å². The van der Waals surface area contributed by atoms with Crippen LogP contribution in [0.1, 0.15) is 77.3 Å². The molecule has 0 unspecified atom stereocenters. The molecular weight excluding hydrogens is 553 g/mol. The van der Waals surface area contributed by atoms with E-state index < -0.39 is 0 Å². The predicted molar refractivity (Wildman–Crippen MR) is 186 cm³/mol. The Morgan fingerprint density at radius 2 is 1.57 bits per heavy atom. The van der Waals surface area contributed by atoms with Crippen molar-refractivity contribution < 1.29 is 0 Å². The number of fused-ring (bicyclic) bond motifs is 3. The highest BCUT2D eigenvalue weighted by Gasteiger charge is 2.22. The second-order valence-corrected chi connectivity index (χ2v) is 14.2. The van der Waals surface area contributed by atoms with Crippen LogP contribution in [0.3, 0.4) is 0 Å². The highest BCUT2D eigenvalue weighted by molar-refractivity contribution is 6.32. The van der Waals surface area contributed by atoms with E-state index in [1.807, 2.05) is 6.07 Å². The number of aromatic nitrogens is 1. The summed E-state index contributed by atoms with van der Waals surface area (Å²) in [6, 6.07) is 22.1. The molecule has 1 aliphatic rings. The van der Waals surface area contributed by atoms with Gasteiger partial charge < -0.3 is 4.57 Å². The van der Waals surface area contributed by atoms with Crippen LogP contribution in [0, 0.1) is 5.41 Å². The average molecular weight is 595 g/mol. The number of allylic oxidation sites excluding steroid dienone is 6. The summed E-state index contributed by atoms with van der Waals surface area (Å²) >= 11 is 13.0. The van der Waals surface area contributed by atoms with Crippen LogP contribution in [-0.4, -0.2) is 4.57 Å². The maximum atomic E-state index is 6.55. The highest BCUT2D eigenvalue weighted by atomic mass is 35.5. The van der Waals surface area contributed by atoms with E-state index in [1.165, 1.54) is 33.5 Å². The van der Waals surface area contributed by atoms with E-state index >= 15 is 0 Å². The number of hydrogen-bond acceptors (Lipinski definition) is 0. The van der Waals surface area contributed by atoms with Crippen molar-refractivity contribution in [2.24, 2.45) is 5.41 Å². The molecule has 0 aliphatic heterocycles. The van der Waals surface area contributed by atoms with Crippen molar-refractivity contribution in [3.8, 4) is 16.8 Å². The monoisotopic (exact) mass is 593 g/mol. The molecule has 1 heterocycles. The SMILES string of the molecule is C\C=C/C(=C\C=C\c1cc(-c2ccc(C(C)(C)C)cc2)cc(-n2c3c(c4cc(Cl)ccc42)C=C(Cl)CC3)c1)C(C)(C)C. The van der Waals surface area contributed by atoms with E-state index in [1.54, 1.807) is 0 Å². The second-order valence-electron chi connectivity index (χ2n) is 13.3. The minimum absolute atomic E-state index is 0.0673. The van der Waals surface area contributed by atoms with Crippen molar-refractivity contribution in [2.45, 2.75) is 66.7 Å². The molecule has 0 atom stereocenters. The molecule has 1 aliphatic carbocycles. The van der Waals surface area contributed by atoms with Crippen molar-refractivity contribution in [3.63, 3.8) is 0 Å². The third-order valence-electron chi connectivity index (χ3n) is 8.03. The Labute approximate surface area is 261 Å². The Kier molecular flexibility index (Phi) is 8.48. The first kappa shape index (κ1) is 30.2. The van der Waals surface area contributed by atoms with Gasteiger partial charge in [-0.05, 0) is 101 Å². The van der Waals surface area contributed by atoms with Gasteiger partial charge in [-0.25, -0.2) is 0 Å². The van der Waals surface area contributed by atoms with Crippen LogP contribution in [0.15, 0.2) is 95.6 Å². The van der Waals surface area contributed by atoms with E-state index in [-0.39, 0.29) is 10.8 Å². The molecule has 0 spiro atoms. The van der Waals surface area contributed by atoms with Crippen molar-refractivity contribution in [3.05, 3.63) is 123 Å². The van der Waals surface area contributed by atoms with Crippen LogP contribution in [0.25, 0.3) is 39.9 Å². The summed E-state index contributed by atoms with van der Waals surface area (Å²) in [6.07, 6.45) is 14.8. The highest BCUT2D eigenvalue weighted by Crippen LogP contribution is 2.39. The topological polar surface area (TPSA) is 4.93 Å². The van der Waals surface area contributed by atoms with Crippen molar-refractivity contribution in [1.29, 1.82) is 0 Å². The largest absolute Gasteiger partial charge is 0.313 e. The quantitative estimate of drug-likeness (QED) is 0.203. The summed E-state index contributed by atoms with van der Waals surface area (Å²) in [5.41, 5.74) is 11.1. The predicted octanol–water partition coefficient (Wildman–Crippen LogP) is 12.3. The molecule has 0 N–H and O–H groups in total. The van der Waals surface area contributed by atoms with Crippen LogP contribution in [0.2, 0.25) is 5.02 Å². The summed E-state index contributed by atoms with van der Waals surface area (Å²) in [5, 5.41) is 2.76. The maximum absolute atomic E-state index is 6.55. The number of rotatable bonds is 5. The lowest BCUT2D eigenvalue weighted by Gasteiger charge is -2.20. The zero-order chi connectivity index (χ0) is 30.2. The maximum Gasteiger partial charge on any atom is 0.0538 e. The van der Waals surface area contributed by atoms with Crippen molar-refractivity contribution in [2.75, 3.05) is 0 Å². The van der Waals surface area contributed by atoms with Crippen LogP contribution < -0.4 is 0 Å². The molecule has 0 amide bonds. The number of nitrogens with zero attached hydrogens (tertiary/aromatic N) is 1. The molecule has 3 heteroatoms. The summed E-state index contributed by atoms with van der Waals surface area (Å²) in [5.74, 6) is 0. The fraction of sp³-hybridized carbons (Fsp3) is 0.282. The molecular formula is C39H41Cl2N. The molecule has 0 radical (unpaired) electrons. The Morgan fingerprint density at radius 1 is 0.833 bits per heavy atom. The molecule has 4 aromatic rings. The molecule has 1 aromatic heterocycles. The molecule has 0 fully saturated rings. The lowest BCUT2D eigenvalue weighted by atomic mass is 9.85. The normalized spacial score (nSPS) is 14.7. The van der Waals surface area contributed by atoms with Crippen LogP contribution in [0.4, 0.5) is 0 Å². The first-order chi connectivity index (χ1) is 19.8. The number of hydrogen-bond donors (Lipinski definition) is 0. The third kappa shape index (κ3) is 6.38. The van der Waals surface area contributed by atoms with Gasteiger partial charge in [0.05, 0.1) is 5.52 Å². The smallest absolute Gasteiger partial charge is 0.0538 e. The molecule has 0 saturated heterocycles. The van der Waals surface area contributed by atoms with Crippen LogP contribution in [-0.2, 0) is 11.8 Å². The van der Waals surface area contributed by atoms with Gasteiger partial charge in [0.1, 0.15) is 0 Å². The molecule has 0 saturated carbocycles. The minimum Gasteiger partial charge on any atom is -0.313 e.